The van der Waals surface area contributed by atoms with E-state index in [4.69, 9.17) is 10.4 Å². The van der Waals surface area contributed by atoms with E-state index in [1.165, 1.54) is 0 Å². The Morgan fingerprint density at radius 2 is 2.11 bits per heavy atom. The summed E-state index contributed by atoms with van der Waals surface area (Å²) in [5.41, 5.74) is 1.77. The van der Waals surface area contributed by atoms with E-state index >= 15 is 0 Å². The first-order valence-electron chi connectivity index (χ1n) is 6.64. The topological polar surface area (TPSA) is 73.1 Å². The summed E-state index contributed by atoms with van der Waals surface area (Å²) < 4.78 is 0. The Hall–Kier alpha value is -1.86. The molecule has 19 heavy (non-hydrogen) atoms. The number of nitriles is 1. The molecule has 1 saturated carbocycles. The second kappa shape index (κ2) is 6.35. The molecule has 0 bridgehead atoms. The summed E-state index contributed by atoms with van der Waals surface area (Å²) >= 11 is 0. The predicted molar refractivity (Wildman–Crippen MR) is 71.4 cm³/mol. The molecule has 0 atom stereocenters. The van der Waals surface area contributed by atoms with Crippen LogP contribution in [-0.4, -0.2) is 17.1 Å². The number of nitrogens with one attached hydrogen (secondary N) is 1. The van der Waals surface area contributed by atoms with E-state index in [1.807, 2.05) is 18.2 Å². The highest BCUT2D eigenvalue weighted by atomic mass is 16.4. The largest absolute Gasteiger partial charge is 0.481 e. The summed E-state index contributed by atoms with van der Waals surface area (Å²) in [7, 11) is 0. The normalized spacial score (nSPS) is 22.7. The second-order valence-corrected chi connectivity index (χ2v) is 5.08. The van der Waals surface area contributed by atoms with Crippen molar-refractivity contribution in [3.63, 3.8) is 0 Å². The van der Waals surface area contributed by atoms with Crippen LogP contribution in [0.2, 0.25) is 0 Å². The van der Waals surface area contributed by atoms with Gasteiger partial charge in [-0.2, -0.15) is 5.26 Å². The first-order chi connectivity index (χ1) is 9.19. The maximum atomic E-state index is 10.9. The maximum absolute atomic E-state index is 10.9. The van der Waals surface area contributed by atoms with Gasteiger partial charge in [0.15, 0.2) is 0 Å². The monoisotopic (exact) mass is 258 g/mol. The lowest BCUT2D eigenvalue weighted by Gasteiger charge is -2.27. The van der Waals surface area contributed by atoms with Crippen molar-refractivity contribution in [1.82, 2.24) is 5.32 Å². The molecule has 0 aliphatic heterocycles. The Labute approximate surface area is 113 Å². The molecule has 0 radical (unpaired) electrons. The fraction of sp³-hybridized carbons (Fsp3) is 0.467. The zero-order valence-electron chi connectivity index (χ0n) is 10.8. The maximum Gasteiger partial charge on any atom is 0.306 e. The van der Waals surface area contributed by atoms with Gasteiger partial charge in [0.25, 0.3) is 0 Å². The molecule has 2 rings (SSSR count). The molecule has 4 nitrogen and oxygen atoms in total. The Morgan fingerprint density at radius 1 is 1.37 bits per heavy atom. The van der Waals surface area contributed by atoms with Crippen molar-refractivity contribution in [1.29, 1.82) is 5.26 Å². The number of carboxylic acid groups (broad SMARTS) is 1. The highest BCUT2D eigenvalue weighted by Gasteiger charge is 2.25. The fourth-order valence-corrected chi connectivity index (χ4v) is 2.56. The molecule has 1 aromatic rings. The number of aliphatic carboxylic acids is 1. The van der Waals surface area contributed by atoms with Crippen molar-refractivity contribution in [2.45, 2.75) is 38.3 Å². The molecule has 1 aliphatic carbocycles. The highest BCUT2D eigenvalue weighted by Crippen LogP contribution is 2.24. The van der Waals surface area contributed by atoms with E-state index in [0.29, 0.717) is 11.6 Å². The van der Waals surface area contributed by atoms with Crippen LogP contribution in [0.3, 0.4) is 0 Å². The van der Waals surface area contributed by atoms with E-state index < -0.39 is 5.97 Å². The van der Waals surface area contributed by atoms with Crippen molar-refractivity contribution in [2.75, 3.05) is 0 Å². The van der Waals surface area contributed by atoms with Crippen LogP contribution in [0.5, 0.6) is 0 Å². The molecule has 1 fully saturated rings. The van der Waals surface area contributed by atoms with Crippen molar-refractivity contribution >= 4 is 5.97 Å². The lowest BCUT2D eigenvalue weighted by molar-refractivity contribution is -0.142. The van der Waals surface area contributed by atoms with Crippen molar-refractivity contribution in [3.8, 4) is 6.07 Å². The Kier molecular flexibility index (Phi) is 4.53. The third kappa shape index (κ3) is 3.80. The summed E-state index contributed by atoms with van der Waals surface area (Å²) in [6, 6.07) is 10.1. The average molecular weight is 258 g/mol. The molecular formula is C15H18N2O2. The fourth-order valence-electron chi connectivity index (χ4n) is 2.56. The van der Waals surface area contributed by atoms with Crippen LogP contribution >= 0.6 is 0 Å². The Morgan fingerprint density at radius 3 is 2.74 bits per heavy atom. The number of nitrogens with zero attached hydrogens (tertiary/aromatic N) is 1. The Balaban J connectivity index is 1.80. The lowest BCUT2D eigenvalue weighted by Crippen LogP contribution is -2.34. The van der Waals surface area contributed by atoms with Crippen LogP contribution in [0, 0.1) is 17.2 Å². The minimum atomic E-state index is -0.667. The number of carboxylic acids is 1. The first kappa shape index (κ1) is 13.6. The average Bonchev–Trinajstić information content (AvgIpc) is 2.46. The molecule has 1 aromatic carbocycles. The standard InChI is InChI=1S/C15H18N2O2/c16-9-11-2-1-3-12(8-11)10-17-14-6-4-13(5-7-14)15(18)19/h1-3,8,13-14,17H,4-7,10H2,(H,18,19). The first-order valence-corrected chi connectivity index (χ1v) is 6.64. The van der Waals surface area contributed by atoms with Gasteiger partial charge in [0.05, 0.1) is 17.6 Å². The minimum Gasteiger partial charge on any atom is -0.481 e. The zero-order valence-corrected chi connectivity index (χ0v) is 10.8. The van der Waals surface area contributed by atoms with Gasteiger partial charge < -0.3 is 10.4 Å². The van der Waals surface area contributed by atoms with Crippen molar-refractivity contribution in [2.24, 2.45) is 5.92 Å². The van der Waals surface area contributed by atoms with E-state index in [1.54, 1.807) is 6.07 Å². The molecule has 1 aliphatic rings. The predicted octanol–water partition coefficient (Wildman–Crippen LogP) is 2.29. The molecule has 0 aromatic heterocycles. The summed E-state index contributed by atoms with van der Waals surface area (Å²) in [4.78, 5) is 10.9. The molecule has 0 amide bonds. The number of carbonyl (C=O) groups is 1. The molecule has 2 N–H and O–H groups in total. The molecular weight excluding hydrogens is 240 g/mol. The summed E-state index contributed by atoms with van der Waals surface area (Å²) in [5, 5.41) is 21.2. The van der Waals surface area contributed by atoms with Crippen LogP contribution < -0.4 is 5.32 Å². The van der Waals surface area contributed by atoms with E-state index in [0.717, 1.165) is 37.8 Å². The molecule has 0 heterocycles. The Bertz CT molecular complexity index is 485. The van der Waals surface area contributed by atoms with E-state index in [-0.39, 0.29) is 5.92 Å². The lowest BCUT2D eigenvalue weighted by atomic mass is 9.86. The van der Waals surface area contributed by atoms with Gasteiger partial charge in [0, 0.05) is 12.6 Å². The van der Waals surface area contributed by atoms with Crippen LogP contribution in [-0.2, 0) is 11.3 Å². The SMILES string of the molecule is N#Cc1cccc(CNC2CCC(C(=O)O)CC2)c1. The van der Waals surface area contributed by atoms with Crippen molar-refractivity contribution < 1.29 is 9.90 Å². The minimum absolute atomic E-state index is 0.167. The van der Waals surface area contributed by atoms with Gasteiger partial charge in [-0.15, -0.1) is 0 Å². The highest BCUT2D eigenvalue weighted by molar-refractivity contribution is 5.70. The van der Waals surface area contributed by atoms with Crippen LogP contribution in [0.25, 0.3) is 0 Å². The van der Waals surface area contributed by atoms with Crippen LogP contribution in [0.4, 0.5) is 0 Å². The van der Waals surface area contributed by atoms with Crippen LogP contribution in [0.15, 0.2) is 24.3 Å². The van der Waals surface area contributed by atoms with Crippen LogP contribution in [0.1, 0.15) is 36.8 Å². The van der Waals surface area contributed by atoms with Gasteiger partial charge in [-0.1, -0.05) is 12.1 Å². The number of rotatable bonds is 4. The number of benzene rings is 1. The molecule has 100 valence electrons. The smallest absolute Gasteiger partial charge is 0.306 e. The van der Waals surface area contributed by atoms with Gasteiger partial charge in [0.1, 0.15) is 0 Å². The molecule has 0 saturated heterocycles. The second-order valence-electron chi connectivity index (χ2n) is 5.08. The van der Waals surface area contributed by atoms with E-state index in [2.05, 4.69) is 11.4 Å². The third-order valence-electron chi connectivity index (χ3n) is 3.73. The van der Waals surface area contributed by atoms with Gasteiger partial charge in [-0.05, 0) is 43.4 Å². The molecule has 0 spiro atoms. The molecule has 4 heteroatoms. The summed E-state index contributed by atoms with van der Waals surface area (Å²) in [6.07, 6.45) is 3.33. The third-order valence-corrected chi connectivity index (χ3v) is 3.73. The van der Waals surface area contributed by atoms with Gasteiger partial charge >= 0.3 is 5.97 Å². The number of hydrogen-bond donors (Lipinski definition) is 2. The van der Waals surface area contributed by atoms with Crippen molar-refractivity contribution in [3.05, 3.63) is 35.4 Å². The van der Waals surface area contributed by atoms with Gasteiger partial charge in [-0.25, -0.2) is 0 Å². The zero-order chi connectivity index (χ0) is 13.7. The summed E-state index contributed by atoms with van der Waals surface area (Å²) in [6.45, 7) is 0.734. The quantitative estimate of drug-likeness (QED) is 0.869. The number of hydrogen-bond acceptors (Lipinski definition) is 3. The van der Waals surface area contributed by atoms with E-state index in [9.17, 15) is 4.79 Å². The molecule has 0 unspecified atom stereocenters. The van der Waals surface area contributed by atoms with Gasteiger partial charge in [0.2, 0.25) is 0 Å². The summed E-state index contributed by atoms with van der Waals surface area (Å²) in [5.74, 6) is -0.833. The van der Waals surface area contributed by atoms with Gasteiger partial charge in [-0.3, -0.25) is 4.79 Å².